The summed E-state index contributed by atoms with van der Waals surface area (Å²) in [6.45, 7) is 4.22. The Labute approximate surface area is 161 Å². The molecular weight excluding hydrogens is 358 g/mol. The Balaban J connectivity index is 1.73. The monoisotopic (exact) mass is 377 g/mol. The molecule has 4 rings (SSSR count). The zero-order chi connectivity index (χ0) is 19.5. The lowest BCUT2D eigenvalue weighted by molar-refractivity contribution is -0.113. The van der Waals surface area contributed by atoms with Crippen LogP contribution in [0.25, 0.3) is 0 Å². The predicted octanol–water partition coefficient (Wildman–Crippen LogP) is 2.39. The second-order valence-electron chi connectivity index (χ2n) is 6.18. The number of carbonyl (C=O) groups excluding carboxylic acids is 1. The molecule has 2 aromatic heterocycles. The van der Waals surface area contributed by atoms with Crippen LogP contribution in [-0.4, -0.2) is 37.7 Å². The van der Waals surface area contributed by atoms with Crippen molar-refractivity contribution in [3.63, 3.8) is 0 Å². The van der Waals surface area contributed by atoms with Gasteiger partial charge in [-0.2, -0.15) is 4.68 Å². The van der Waals surface area contributed by atoms with Gasteiger partial charge in [-0.05, 0) is 48.0 Å². The molecule has 1 aliphatic heterocycles. The number of hydrogen-bond donors (Lipinski definition) is 2. The van der Waals surface area contributed by atoms with Crippen LogP contribution < -0.4 is 15.4 Å². The minimum Gasteiger partial charge on any atom is -0.492 e. The average Bonchev–Trinajstić information content (AvgIpc) is 3.17. The molecule has 1 aromatic carbocycles. The van der Waals surface area contributed by atoms with Crippen LogP contribution in [0.15, 0.2) is 60.1 Å². The second-order valence-corrected chi connectivity index (χ2v) is 6.18. The van der Waals surface area contributed by atoms with E-state index in [2.05, 4.69) is 31.1 Å². The second kappa shape index (κ2) is 7.47. The van der Waals surface area contributed by atoms with Crippen molar-refractivity contribution in [2.75, 3.05) is 17.2 Å². The van der Waals surface area contributed by atoms with Crippen molar-refractivity contribution in [3.8, 4) is 5.75 Å². The van der Waals surface area contributed by atoms with E-state index in [1.165, 1.54) is 0 Å². The van der Waals surface area contributed by atoms with Gasteiger partial charge in [-0.15, -0.1) is 0 Å². The van der Waals surface area contributed by atoms with Crippen LogP contribution in [0.5, 0.6) is 5.75 Å². The molecular formula is C19H19N7O2. The van der Waals surface area contributed by atoms with Gasteiger partial charge >= 0.3 is 0 Å². The van der Waals surface area contributed by atoms with Crippen molar-refractivity contribution < 1.29 is 9.53 Å². The number of hydrogen-bond acceptors (Lipinski definition) is 7. The molecule has 0 saturated heterocycles. The molecule has 9 heteroatoms. The number of benzene rings is 1. The van der Waals surface area contributed by atoms with E-state index in [1.807, 2.05) is 44.2 Å². The van der Waals surface area contributed by atoms with Crippen molar-refractivity contribution in [1.29, 1.82) is 0 Å². The maximum absolute atomic E-state index is 13.3. The van der Waals surface area contributed by atoms with E-state index in [0.717, 1.165) is 5.56 Å². The lowest BCUT2D eigenvalue weighted by Crippen LogP contribution is -2.31. The number of allylic oxidation sites excluding steroid dienone is 1. The van der Waals surface area contributed by atoms with Gasteiger partial charge in [0.05, 0.1) is 17.9 Å². The molecule has 3 heterocycles. The summed E-state index contributed by atoms with van der Waals surface area (Å²) >= 11 is 0. The summed E-state index contributed by atoms with van der Waals surface area (Å²) in [7, 11) is 0. The molecule has 3 aromatic rings. The highest BCUT2D eigenvalue weighted by Gasteiger charge is 2.34. The molecule has 142 valence electrons. The number of aromatic nitrogens is 5. The summed E-state index contributed by atoms with van der Waals surface area (Å²) < 4.78 is 7.19. The highest BCUT2D eigenvalue weighted by molar-refractivity contribution is 6.06. The first-order chi connectivity index (χ1) is 13.7. The van der Waals surface area contributed by atoms with E-state index in [-0.39, 0.29) is 5.91 Å². The summed E-state index contributed by atoms with van der Waals surface area (Å²) in [5.74, 6) is 0.811. The van der Waals surface area contributed by atoms with E-state index < -0.39 is 6.04 Å². The first-order valence-corrected chi connectivity index (χ1v) is 8.87. The van der Waals surface area contributed by atoms with E-state index in [4.69, 9.17) is 4.74 Å². The predicted molar refractivity (Wildman–Crippen MR) is 103 cm³/mol. The first kappa shape index (κ1) is 17.7. The largest absolute Gasteiger partial charge is 0.492 e. The van der Waals surface area contributed by atoms with Crippen molar-refractivity contribution in [1.82, 2.24) is 25.2 Å². The Hall–Kier alpha value is -3.75. The number of rotatable bonds is 5. The Kier molecular flexibility index (Phi) is 4.71. The van der Waals surface area contributed by atoms with Crippen molar-refractivity contribution in [3.05, 3.63) is 65.6 Å². The molecule has 1 amide bonds. The van der Waals surface area contributed by atoms with Crippen molar-refractivity contribution in [2.45, 2.75) is 19.9 Å². The molecule has 28 heavy (non-hydrogen) atoms. The van der Waals surface area contributed by atoms with Gasteiger partial charge in [-0.1, -0.05) is 23.3 Å². The van der Waals surface area contributed by atoms with E-state index >= 15 is 0 Å². The fourth-order valence-electron chi connectivity index (χ4n) is 3.19. The zero-order valence-electron chi connectivity index (χ0n) is 15.5. The highest BCUT2D eigenvalue weighted by Crippen LogP contribution is 2.35. The number of pyridine rings is 1. The Morgan fingerprint density at radius 3 is 2.93 bits per heavy atom. The summed E-state index contributed by atoms with van der Waals surface area (Å²) in [6, 6.07) is 10.5. The number of nitrogens with one attached hydrogen (secondary N) is 2. The van der Waals surface area contributed by atoms with Crippen LogP contribution in [-0.2, 0) is 4.79 Å². The normalized spacial score (nSPS) is 15.6. The fraction of sp³-hybridized carbons (Fsp3) is 0.211. The molecule has 0 saturated carbocycles. The quantitative estimate of drug-likeness (QED) is 0.703. The lowest BCUT2D eigenvalue weighted by Gasteiger charge is -2.27. The molecule has 1 aliphatic rings. The summed E-state index contributed by atoms with van der Waals surface area (Å²) in [6.07, 6.45) is 3.38. The summed E-state index contributed by atoms with van der Waals surface area (Å²) in [4.78, 5) is 17.5. The van der Waals surface area contributed by atoms with Crippen LogP contribution in [0.4, 0.5) is 11.6 Å². The Morgan fingerprint density at radius 1 is 1.29 bits per heavy atom. The zero-order valence-corrected chi connectivity index (χ0v) is 15.5. The Bertz CT molecular complexity index is 1030. The van der Waals surface area contributed by atoms with Gasteiger partial charge < -0.3 is 15.4 Å². The smallest absolute Gasteiger partial charge is 0.255 e. The molecule has 0 fully saturated rings. The van der Waals surface area contributed by atoms with Crippen LogP contribution in [0.2, 0.25) is 0 Å². The van der Waals surface area contributed by atoms with Gasteiger partial charge in [0.15, 0.2) is 0 Å². The SMILES string of the molecule is CCOc1ccccc1NC(=O)C1=C(C)Nc2nnnn2[C@@H]1c1cccnc1. The van der Waals surface area contributed by atoms with Crippen LogP contribution >= 0.6 is 0 Å². The number of ether oxygens (including phenoxy) is 1. The third kappa shape index (κ3) is 3.18. The molecule has 2 N–H and O–H groups in total. The molecule has 0 bridgehead atoms. The maximum atomic E-state index is 13.3. The number of nitrogens with zero attached hydrogens (tertiary/aromatic N) is 5. The molecule has 1 atom stereocenters. The molecule has 9 nitrogen and oxygen atoms in total. The highest BCUT2D eigenvalue weighted by atomic mass is 16.5. The number of tetrazole rings is 1. The van der Waals surface area contributed by atoms with Gasteiger partial charge in [-0.25, -0.2) is 0 Å². The number of fused-ring (bicyclic) bond motifs is 1. The number of para-hydroxylation sites is 2. The van der Waals surface area contributed by atoms with E-state index in [9.17, 15) is 4.79 Å². The molecule has 0 radical (unpaired) electrons. The van der Waals surface area contributed by atoms with Crippen LogP contribution in [0, 0.1) is 0 Å². The van der Waals surface area contributed by atoms with Gasteiger partial charge in [0, 0.05) is 18.1 Å². The molecule has 0 unspecified atom stereocenters. The standard InChI is InChI=1S/C19H19N7O2/c1-3-28-15-9-5-4-8-14(15)22-18(27)16-12(2)21-19-23-24-25-26(19)17(16)13-7-6-10-20-11-13/h4-11,17H,3H2,1-2H3,(H,22,27)(H,21,23,25)/t17-/m1/s1. The lowest BCUT2D eigenvalue weighted by atomic mass is 9.96. The Morgan fingerprint density at radius 2 is 2.14 bits per heavy atom. The number of anilines is 2. The fourth-order valence-corrected chi connectivity index (χ4v) is 3.19. The van der Waals surface area contributed by atoms with Gasteiger partial charge in [0.25, 0.3) is 5.91 Å². The van der Waals surface area contributed by atoms with Gasteiger partial charge in [-0.3, -0.25) is 9.78 Å². The third-order valence-electron chi connectivity index (χ3n) is 4.39. The maximum Gasteiger partial charge on any atom is 0.255 e. The number of amides is 1. The van der Waals surface area contributed by atoms with Crippen molar-refractivity contribution in [2.24, 2.45) is 0 Å². The minimum absolute atomic E-state index is 0.271. The number of carbonyl (C=O) groups is 1. The van der Waals surface area contributed by atoms with E-state index in [0.29, 0.717) is 35.3 Å². The average molecular weight is 377 g/mol. The molecule has 0 spiro atoms. The van der Waals surface area contributed by atoms with Gasteiger partial charge in [0.1, 0.15) is 11.8 Å². The summed E-state index contributed by atoms with van der Waals surface area (Å²) in [5.41, 5.74) is 2.57. The van der Waals surface area contributed by atoms with Crippen LogP contribution in [0.3, 0.4) is 0 Å². The van der Waals surface area contributed by atoms with Gasteiger partial charge in [0.2, 0.25) is 5.95 Å². The third-order valence-corrected chi connectivity index (χ3v) is 4.39. The van der Waals surface area contributed by atoms with E-state index in [1.54, 1.807) is 23.1 Å². The minimum atomic E-state index is -0.501. The molecule has 0 aliphatic carbocycles. The van der Waals surface area contributed by atoms with Crippen LogP contribution in [0.1, 0.15) is 25.5 Å². The topological polar surface area (TPSA) is 107 Å². The van der Waals surface area contributed by atoms with Crippen molar-refractivity contribution >= 4 is 17.5 Å². The summed E-state index contributed by atoms with van der Waals surface area (Å²) in [5, 5.41) is 17.8. The first-order valence-electron chi connectivity index (χ1n) is 8.87.